The van der Waals surface area contributed by atoms with Crippen LogP contribution in [0.2, 0.25) is 0 Å². The molecule has 0 radical (unpaired) electrons. The summed E-state index contributed by atoms with van der Waals surface area (Å²) < 4.78 is 0. The summed E-state index contributed by atoms with van der Waals surface area (Å²) in [7, 11) is 1.84. The number of nitrogens with zero attached hydrogens (tertiary/aromatic N) is 1. The zero-order valence-corrected chi connectivity index (χ0v) is 15.6. The highest BCUT2D eigenvalue weighted by Gasteiger charge is 2.17. The van der Waals surface area contributed by atoms with Gasteiger partial charge in [-0.3, -0.25) is 9.59 Å². The van der Waals surface area contributed by atoms with Crippen molar-refractivity contribution in [3.63, 3.8) is 0 Å². The molecule has 0 saturated heterocycles. The molecule has 0 saturated carbocycles. The predicted molar refractivity (Wildman–Crippen MR) is 98.8 cm³/mol. The molecule has 0 heterocycles. The average molecular weight is 337 g/mol. The van der Waals surface area contributed by atoms with Gasteiger partial charge in [-0.05, 0) is 43.9 Å². The molecular formula is C18H28N2O2S. The van der Waals surface area contributed by atoms with Crippen LogP contribution in [0.15, 0.2) is 24.3 Å². The van der Waals surface area contributed by atoms with Gasteiger partial charge in [0.25, 0.3) is 0 Å². The normalized spacial score (nSPS) is 12.1. The first-order chi connectivity index (χ1) is 10.8. The molecule has 0 spiro atoms. The maximum atomic E-state index is 12.1. The van der Waals surface area contributed by atoms with Gasteiger partial charge in [0.2, 0.25) is 11.8 Å². The first-order valence-corrected chi connectivity index (χ1v) is 9.15. The quantitative estimate of drug-likeness (QED) is 0.790. The third-order valence-electron chi connectivity index (χ3n) is 3.63. The number of amides is 2. The Morgan fingerprint density at radius 1 is 1.22 bits per heavy atom. The van der Waals surface area contributed by atoms with E-state index in [2.05, 4.69) is 26.1 Å². The summed E-state index contributed by atoms with van der Waals surface area (Å²) in [5.74, 6) is 1.18. The molecule has 5 heteroatoms. The molecule has 1 rings (SSSR count). The summed E-state index contributed by atoms with van der Waals surface area (Å²) >= 11 is 1.35. The highest BCUT2D eigenvalue weighted by atomic mass is 32.2. The van der Waals surface area contributed by atoms with Crippen LogP contribution < -0.4 is 5.32 Å². The van der Waals surface area contributed by atoms with Gasteiger partial charge < -0.3 is 10.2 Å². The van der Waals surface area contributed by atoms with Crippen LogP contribution in [0, 0.1) is 12.8 Å². The van der Waals surface area contributed by atoms with Gasteiger partial charge in [0, 0.05) is 18.8 Å². The van der Waals surface area contributed by atoms with Crippen molar-refractivity contribution in [2.24, 2.45) is 5.92 Å². The number of carbonyl (C=O) groups is 2. The fraction of sp³-hybridized carbons (Fsp3) is 0.556. The molecule has 128 valence electrons. The first-order valence-electron chi connectivity index (χ1n) is 7.99. The summed E-state index contributed by atoms with van der Waals surface area (Å²) in [5, 5.41) is 2.85. The van der Waals surface area contributed by atoms with Crippen molar-refractivity contribution in [2.45, 2.75) is 40.2 Å². The zero-order valence-electron chi connectivity index (χ0n) is 14.8. The number of thioether (sulfide) groups is 1. The monoisotopic (exact) mass is 336 g/mol. The van der Waals surface area contributed by atoms with E-state index >= 15 is 0 Å². The number of hydrogen-bond donors (Lipinski definition) is 1. The summed E-state index contributed by atoms with van der Waals surface area (Å²) in [4.78, 5) is 25.8. The standard InChI is InChI=1S/C18H28N2O2S/c1-13(2)9-15(4)20(5)18(22)12-23-11-17(21)19-16-8-6-7-14(3)10-16/h6-8,10,13,15H,9,11-12H2,1-5H3,(H,19,21). The van der Waals surface area contributed by atoms with E-state index < -0.39 is 0 Å². The van der Waals surface area contributed by atoms with Gasteiger partial charge in [0.15, 0.2) is 0 Å². The number of rotatable bonds is 8. The molecule has 2 amide bonds. The minimum atomic E-state index is -0.0775. The van der Waals surface area contributed by atoms with Crippen LogP contribution in [0.3, 0.4) is 0 Å². The number of carbonyl (C=O) groups excluding carboxylic acids is 2. The second kappa shape index (κ2) is 9.60. The fourth-order valence-electron chi connectivity index (χ4n) is 2.34. The Morgan fingerprint density at radius 3 is 2.52 bits per heavy atom. The molecule has 1 aromatic rings. The summed E-state index contributed by atoms with van der Waals surface area (Å²) in [5.41, 5.74) is 1.90. The summed E-state index contributed by atoms with van der Waals surface area (Å²) in [6.07, 6.45) is 0.987. The van der Waals surface area contributed by atoms with E-state index in [-0.39, 0.29) is 23.6 Å². The molecule has 23 heavy (non-hydrogen) atoms. The van der Waals surface area contributed by atoms with Crippen LogP contribution in [0.1, 0.15) is 32.8 Å². The third kappa shape index (κ3) is 7.55. The lowest BCUT2D eigenvalue weighted by atomic mass is 10.0. The van der Waals surface area contributed by atoms with Crippen molar-refractivity contribution >= 4 is 29.3 Å². The molecule has 0 fully saturated rings. The second-order valence-corrected chi connectivity index (χ2v) is 7.38. The Bertz CT molecular complexity index is 532. The molecule has 1 atom stereocenters. The topological polar surface area (TPSA) is 49.4 Å². The molecule has 0 aliphatic heterocycles. The van der Waals surface area contributed by atoms with Crippen LogP contribution in [0.4, 0.5) is 5.69 Å². The zero-order chi connectivity index (χ0) is 17.4. The lowest BCUT2D eigenvalue weighted by Crippen LogP contribution is -2.37. The van der Waals surface area contributed by atoms with Crippen molar-refractivity contribution in [1.82, 2.24) is 4.90 Å². The lowest BCUT2D eigenvalue weighted by Gasteiger charge is -2.26. The van der Waals surface area contributed by atoms with Crippen molar-refractivity contribution in [3.05, 3.63) is 29.8 Å². The number of benzene rings is 1. The molecular weight excluding hydrogens is 308 g/mol. The highest BCUT2D eigenvalue weighted by molar-refractivity contribution is 8.00. The van der Waals surface area contributed by atoms with Crippen molar-refractivity contribution in [1.29, 1.82) is 0 Å². The molecule has 4 nitrogen and oxygen atoms in total. The van der Waals surface area contributed by atoms with Gasteiger partial charge in [0.05, 0.1) is 11.5 Å². The molecule has 0 aromatic heterocycles. The summed E-state index contributed by atoms with van der Waals surface area (Å²) in [6.45, 7) is 8.35. The lowest BCUT2D eigenvalue weighted by molar-refractivity contribution is -0.129. The Kier molecular flexibility index (Phi) is 8.17. The SMILES string of the molecule is Cc1cccc(NC(=O)CSCC(=O)N(C)C(C)CC(C)C)c1. The van der Waals surface area contributed by atoms with Crippen molar-refractivity contribution in [3.8, 4) is 0 Å². The van der Waals surface area contributed by atoms with Crippen LogP contribution in [-0.4, -0.2) is 41.3 Å². The van der Waals surface area contributed by atoms with Gasteiger partial charge in [-0.1, -0.05) is 26.0 Å². The highest BCUT2D eigenvalue weighted by Crippen LogP contribution is 2.13. The predicted octanol–water partition coefficient (Wildman–Crippen LogP) is 3.56. The minimum absolute atomic E-state index is 0.0755. The number of nitrogens with one attached hydrogen (secondary N) is 1. The van der Waals surface area contributed by atoms with Gasteiger partial charge in [0.1, 0.15) is 0 Å². The van der Waals surface area contributed by atoms with E-state index in [1.807, 2.05) is 38.2 Å². The van der Waals surface area contributed by atoms with Crippen molar-refractivity contribution < 1.29 is 9.59 Å². The average Bonchev–Trinajstić information content (AvgIpc) is 2.45. The van der Waals surface area contributed by atoms with E-state index in [0.717, 1.165) is 17.7 Å². The third-order valence-corrected chi connectivity index (χ3v) is 4.54. The molecule has 0 aliphatic rings. The summed E-state index contributed by atoms with van der Waals surface area (Å²) in [6, 6.07) is 7.91. The number of aryl methyl sites for hydroxylation is 1. The Labute approximate surface area is 144 Å². The van der Waals surface area contributed by atoms with E-state index in [4.69, 9.17) is 0 Å². The van der Waals surface area contributed by atoms with E-state index in [1.54, 1.807) is 4.90 Å². The van der Waals surface area contributed by atoms with Crippen LogP contribution in [0.25, 0.3) is 0 Å². The maximum absolute atomic E-state index is 12.1. The second-order valence-electron chi connectivity index (χ2n) is 6.39. The van der Waals surface area contributed by atoms with Crippen LogP contribution >= 0.6 is 11.8 Å². The molecule has 1 aromatic carbocycles. The Balaban J connectivity index is 2.32. The largest absolute Gasteiger partial charge is 0.342 e. The maximum Gasteiger partial charge on any atom is 0.234 e. The minimum Gasteiger partial charge on any atom is -0.342 e. The van der Waals surface area contributed by atoms with Gasteiger partial charge in [-0.2, -0.15) is 0 Å². The van der Waals surface area contributed by atoms with E-state index in [9.17, 15) is 9.59 Å². The van der Waals surface area contributed by atoms with Crippen molar-refractivity contribution in [2.75, 3.05) is 23.9 Å². The first kappa shape index (κ1) is 19.6. The molecule has 1 unspecified atom stereocenters. The molecule has 1 N–H and O–H groups in total. The van der Waals surface area contributed by atoms with Gasteiger partial charge >= 0.3 is 0 Å². The molecule has 0 bridgehead atoms. The smallest absolute Gasteiger partial charge is 0.234 e. The number of anilines is 1. The van der Waals surface area contributed by atoms with Gasteiger partial charge in [-0.15, -0.1) is 11.8 Å². The van der Waals surface area contributed by atoms with Crippen LogP contribution in [0.5, 0.6) is 0 Å². The van der Waals surface area contributed by atoms with E-state index in [1.165, 1.54) is 11.8 Å². The number of hydrogen-bond acceptors (Lipinski definition) is 3. The Morgan fingerprint density at radius 2 is 1.91 bits per heavy atom. The Hall–Kier alpha value is -1.49. The fourth-order valence-corrected chi connectivity index (χ4v) is 3.08. The van der Waals surface area contributed by atoms with Gasteiger partial charge in [-0.25, -0.2) is 0 Å². The van der Waals surface area contributed by atoms with E-state index in [0.29, 0.717) is 11.7 Å². The molecule has 0 aliphatic carbocycles. The van der Waals surface area contributed by atoms with Crippen LogP contribution in [-0.2, 0) is 9.59 Å².